The second-order valence-electron chi connectivity index (χ2n) is 1.81. The van der Waals surface area contributed by atoms with Crippen LogP contribution in [-0.4, -0.2) is 18.9 Å². The van der Waals surface area contributed by atoms with Crippen LogP contribution in [0.25, 0.3) is 0 Å². The maximum absolute atomic E-state index is 4.10. The van der Waals surface area contributed by atoms with E-state index in [0.29, 0.717) is 0 Å². The fraction of sp³-hybridized carbons (Fsp3) is 0.500. The van der Waals surface area contributed by atoms with Crippen molar-refractivity contribution >= 4 is 6.21 Å². The standard InChI is InChI=1S/C6H10N2/c1-6-7-4-2-3-5-8-6/h2-4,6,8H,5H2,1H3. The Morgan fingerprint density at radius 2 is 2.62 bits per heavy atom. The normalized spacial score (nSPS) is 27.9. The molecular weight excluding hydrogens is 100 g/mol. The van der Waals surface area contributed by atoms with E-state index in [0.717, 1.165) is 6.54 Å². The average Bonchev–Trinajstić information content (AvgIpc) is 1.94. The molecule has 0 radical (unpaired) electrons. The summed E-state index contributed by atoms with van der Waals surface area (Å²) in [5, 5.41) is 3.16. The van der Waals surface area contributed by atoms with Crippen molar-refractivity contribution in [1.82, 2.24) is 5.32 Å². The van der Waals surface area contributed by atoms with Crippen LogP contribution in [0.4, 0.5) is 0 Å². The van der Waals surface area contributed by atoms with Gasteiger partial charge in [0.25, 0.3) is 0 Å². The fourth-order valence-corrected chi connectivity index (χ4v) is 0.599. The van der Waals surface area contributed by atoms with Gasteiger partial charge in [0, 0.05) is 12.8 Å². The summed E-state index contributed by atoms with van der Waals surface area (Å²) in [5.41, 5.74) is 0. The van der Waals surface area contributed by atoms with Gasteiger partial charge in [0.1, 0.15) is 0 Å². The van der Waals surface area contributed by atoms with Crippen LogP contribution in [-0.2, 0) is 0 Å². The predicted molar refractivity (Wildman–Crippen MR) is 35.1 cm³/mol. The van der Waals surface area contributed by atoms with Gasteiger partial charge in [0.05, 0.1) is 6.17 Å². The van der Waals surface area contributed by atoms with Crippen molar-refractivity contribution in [3.8, 4) is 0 Å². The zero-order chi connectivity index (χ0) is 5.82. The van der Waals surface area contributed by atoms with E-state index in [2.05, 4.69) is 10.3 Å². The molecule has 0 bridgehead atoms. The van der Waals surface area contributed by atoms with E-state index >= 15 is 0 Å². The molecule has 0 saturated carbocycles. The molecule has 2 heteroatoms. The Morgan fingerprint density at radius 1 is 1.75 bits per heavy atom. The van der Waals surface area contributed by atoms with Gasteiger partial charge in [-0.05, 0) is 13.0 Å². The highest BCUT2D eigenvalue weighted by molar-refractivity contribution is 5.71. The van der Waals surface area contributed by atoms with E-state index in [1.54, 1.807) is 0 Å². The van der Waals surface area contributed by atoms with E-state index < -0.39 is 0 Å². The van der Waals surface area contributed by atoms with Gasteiger partial charge in [-0.3, -0.25) is 10.3 Å². The Labute approximate surface area is 49.3 Å². The number of aliphatic imine (C=N–C) groups is 1. The highest BCUT2D eigenvalue weighted by Gasteiger charge is 1.93. The Kier molecular flexibility index (Phi) is 1.80. The number of nitrogens with zero attached hydrogens (tertiary/aromatic N) is 1. The molecule has 1 aliphatic rings. The van der Waals surface area contributed by atoms with E-state index in [1.165, 1.54) is 0 Å². The third kappa shape index (κ3) is 1.46. The van der Waals surface area contributed by atoms with E-state index in [4.69, 9.17) is 0 Å². The Balaban J connectivity index is 2.46. The summed E-state index contributed by atoms with van der Waals surface area (Å²) >= 11 is 0. The van der Waals surface area contributed by atoms with Gasteiger partial charge in [-0.1, -0.05) is 6.08 Å². The van der Waals surface area contributed by atoms with Crippen molar-refractivity contribution in [3.05, 3.63) is 12.2 Å². The maximum atomic E-state index is 4.10. The number of rotatable bonds is 0. The Bertz CT molecular complexity index is 116. The SMILES string of the molecule is CC1N=CC=CCN1. The molecule has 0 spiro atoms. The van der Waals surface area contributed by atoms with Crippen molar-refractivity contribution in [1.29, 1.82) is 0 Å². The van der Waals surface area contributed by atoms with Crippen LogP contribution in [0.2, 0.25) is 0 Å². The summed E-state index contributed by atoms with van der Waals surface area (Å²) < 4.78 is 0. The Morgan fingerprint density at radius 3 is 3.50 bits per heavy atom. The van der Waals surface area contributed by atoms with E-state index in [-0.39, 0.29) is 6.17 Å². The highest BCUT2D eigenvalue weighted by Crippen LogP contribution is 1.85. The van der Waals surface area contributed by atoms with Crippen LogP contribution < -0.4 is 5.32 Å². The first kappa shape index (κ1) is 5.51. The monoisotopic (exact) mass is 110 g/mol. The van der Waals surface area contributed by atoms with Gasteiger partial charge < -0.3 is 0 Å². The lowest BCUT2D eigenvalue weighted by Gasteiger charge is -2.01. The van der Waals surface area contributed by atoms with Crippen LogP contribution >= 0.6 is 0 Å². The summed E-state index contributed by atoms with van der Waals surface area (Å²) in [6, 6.07) is 0. The summed E-state index contributed by atoms with van der Waals surface area (Å²) in [7, 11) is 0. The molecule has 0 aromatic carbocycles. The minimum absolute atomic E-state index is 0.282. The van der Waals surface area contributed by atoms with Gasteiger partial charge in [-0.2, -0.15) is 0 Å². The quantitative estimate of drug-likeness (QED) is 0.484. The molecule has 1 aliphatic heterocycles. The lowest BCUT2D eigenvalue weighted by Crippen LogP contribution is -2.22. The minimum Gasteiger partial charge on any atom is -0.293 e. The number of nitrogens with one attached hydrogen (secondary N) is 1. The fourth-order valence-electron chi connectivity index (χ4n) is 0.599. The third-order valence-electron chi connectivity index (χ3n) is 1.06. The first-order chi connectivity index (χ1) is 3.89. The van der Waals surface area contributed by atoms with Gasteiger partial charge in [-0.15, -0.1) is 0 Å². The van der Waals surface area contributed by atoms with Gasteiger partial charge in [0.2, 0.25) is 0 Å². The topological polar surface area (TPSA) is 24.4 Å². The zero-order valence-electron chi connectivity index (χ0n) is 4.96. The molecule has 1 heterocycles. The molecule has 0 fully saturated rings. The molecule has 1 rings (SSSR count). The lowest BCUT2D eigenvalue weighted by atomic mass is 10.5. The predicted octanol–water partition coefficient (Wildman–Crippen LogP) is 0.563. The molecular formula is C6H10N2. The van der Waals surface area contributed by atoms with Crippen molar-refractivity contribution < 1.29 is 0 Å². The molecule has 0 saturated heterocycles. The van der Waals surface area contributed by atoms with Gasteiger partial charge >= 0.3 is 0 Å². The van der Waals surface area contributed by atoms with Crippen LogP contribution in [0.3, 0.4) is 0 Å². The molecule has 1 N–H and O–H groups in total. The van der Waals surface area contributed by atoms with E-state index in [9.17, 15) is 0 Å². The Hall–Kier alpha value is -0.630. The second-order valence-corrected chi connectivity index (χ2v) is 1.81. The highest BCUT2D eigenvalue weighted by atomic mass is 15.0. The minimum atomic E-state index is 0.282. The number of hydrogen-bond acceptors (Lipinski definition) is 2. The van der Waals surface area contributed by atoms with Gasteiger partial charge in [0.15, 0.2) is 0 Å². The van der Waals surface area contributed by atoms with Crippen molar-refractivity contribution in [2.75, 3.05) is 6.54 Å². The molecule has 0 aromatic heterocycles. The second kappa shape index (κ2) is 2.62. The molecule has 1 atom stereocenters. The van der Waals surface area contributed by atoms with Crippen molar-refractivity contribution in [3.63, 3.8) is 0 Å². The molecule has 44 valence electrons. The summed E-state index contributed by atoms with van der Waals surface area (Å²) in [6.07, 6.45) is 6.11. The number of hydrogen-bond donors (Lipinski definition) is 1. The van der Waals surface area contributed by atoms with E-state index in [1.807, 2.05) is 25.3 Å². The largest absolute Gasteiger partial charge is 0.293 e. The van der Waals surface area contributed by atoms with Crippen molar-refractivity contribution in [2.45, 2.75) is 13.1 Å². The summed E-state index contributed by atoms with van der Waals surface area (Å²) in [4.78, 5) is 4.10. The third-order valence-corrected chi connectivity index (χ3v) is 1.06. The molecule has 2 nitrogen and oxygen atoms in total. The first-order valence-electron chi connectivity index (χ1n) is 2.81. The average molecular weight is 110 g/mol. The van der Waals surface area contributed by atoms with Crippen LogP contribution in [0.5, 0.6) is 0 Å². The molecule has 0 aromatic rings. The molecule has 0 amide bonds. The first-order valence-corrected chi connectivity index (χ1v) is 2.81. The van der Waals surface area contributed by atoms with Crippen LogP contribution in [0.15, 0.2) is 17.1 Å². The van der Waals surface area contributed by atoms with Crippen LogP contribution in [0, 0.1) is 0 Å². The zero-order valence-corrected chi connectivity index (χ0v) is 4.96. The van der Waals surface area contributed by atoms with Crippen LogP contribution in [0.1, 0.15) is 6.92 Å². The number of allylic oxidation sites excluding steroid dienone is 1. The summed E-state index contributed by atoms with van der Waals surface area (Å²) in [6.45, 7) is 2.96. The van der Waals surface area contributed by atoms with Crippen molar-refractivity contribution in [2.24, 2.45) is 4.99 Å². The maximum Gasteiger partial charge on any atom is 0.0968 e. The molecule has 0 aliphatic carbocycles. The van der Waals surface area contributed by atoms with Gasteiger partial charge in [-0.25, -0.2) is 0 Å². The lowest BCUT2D eigenvalue weighted by molar-refractivity contribution is 0.615. The molecule has 1 unspecified atom stereocenters. The molecule has 8 heavy (non-hydrogen) atoms. The summed E-state index contributed by atoms with van der Waals surface area (Å²) in [5.74, 6) is 0. The smallest absolute Gasteiger partial charge is 0.0968 e.